The molecule has 0 spiro atoms. The normalized spacial score (nSPS) is 38.1. The summed E-state index contributed by atoms with van der Waals surface area (Å²) in [6, 6.07) is 9.28. The van der Waals surface area contributed by atoms with Crippen LogP contribution >= 0.6 is 0 Å². The Labute approximate surface area is 63.7 Å². The van der Waals surface area contributed by atoms with E-state index in [4.69, 9.17) is 8.48 Å². The molecule has 0 saturated heterocycles. The average molecular weight is 135 g/mol. The van der Waals surface area contributed by atoms with Gasteiger partial charge >= 0.3 is 0 Å². The number of rotatable bonds is 1. The fourth-order valence-corrected chi connectivity index (χ4v) is 1.12. The highest BCUT2D eigenvalue weighted by atomic mass is 14.7. The molecule has 0 bridgehead atoms. The molecule has 0 aromatic heterocycles. The Morgan fingerprint density at radius 1 is 1.40 bits per heavy atom. The Bertz CT molecular complexity index is 284. The maximum Gasteiger partial charge on any atom is 0.0289 e. The Kier molecular flexibility index (Phi) is 0.868. The predicted octanol–water partition coefficient (Wildman–Crippen LogP) is 1.50. The molecule has 2 N–H and O–H groups in total. The third-order valence-electron chi connectivity index (χ3n) is 1.78. The lowest BCUT2D eigenvalue weighted by molar-refractivity contribution is 0.991. The molecule has 52 valence electrons. The molecule has 0 heterocycles. The van der Waals surface area contributed by atoms with E-state index in [9.17, 15) is 0 Å². The van der Waals surface area contributed by atoms with Crippen LogP contribution in [-0.2, 0) is 0 Å². The SMILES string of the molecule is [2H]C1([2H])[C@@H](N)[C@@H]1c1ccccc1. The van der Waals surface area contributed by atoms with Gasteiger partial charge in [-0.25, -0.2) is 0 Å². The zero-order valence-corrected chi connectivity index (χ0v) is 5.62. The van der Waals surface area contributed by atoms with Crippen LogP contribution < -0.4 is 5.73 Å². The zero-order valence-electron chi connectivity index (χ0n) is 7.62. The van der Waals surface area contributed by atoms with E-state index in [1.807, 2.05) is 30.3 Å². The van der Waals surface area contributed by atoms with Crippen LogP contribution in [0.1, 0.15) is 20.6 Å². The van der Waals surface area contributed by atoms with Crippen LogP contribution in [0.2, 0.25) is 0 Å². The summed E-state index contributed by atoms with van der Waals surface area (Å²) in [4.78, 5) is 0. The van der Waals surface area contributed by atoms with Gasteiger partial charge in [0, 0.05) is 14.7 Å². The number of nitrogens with two attached hydrogens (primary N) is 1. The van der Waals surface area contributed by atoms with Crippen LogP contribution in [0.3, 0.4) is 0 Å². The topological polar surface area (TPSA) is 26.0 Å². The third kappa shape index (κ3) is 0.929. The first-order valence-electron chi connectivity index (χ1n) is 4.44. The first-order valence-corrected chi connectivity index (χ1v) is 3.44. The van der Waals surface area contributed by atoms with E-state index in [0.717, 1.165) is 5.56 Å². The summed E-state index contributed by atoms with van der Waals surface area (Å²) in [6.07, 6.45) is -1.19. The smallest absolute Gasteiger partial charge is 0.0289 e. The van der Waals surface area contributed by atoms with E-state index < -0.39 is 6.37 Å². The maximum absolute atomic E-state index is 7.49. The van der Waals surface area contributed by atoms with Crippen LogP contribution in [-0.4, -0.2) is 6.04 Å². The standard InChI is InChI=1S/C9H11N/c10-9-6-8(9)7-4-2-1-3-5-7/h1-5,8-9H,6,10H2/t8-,9+/m0/s1/i6D2. The minimum Gasteiger partial charge on any atom is -0.327 e. The van der Waals surface area contributed by atoms with Crippen molar-refractivity contribution in [3.63, 3.8) is 0 Å². The van der Waals surface area contributed by atoms with Gasteiger partial charge < -0.3 is 5.73 Å². The summed E-state index contributed by atoms with van der Waals surface area (Å²) >= 11 is 0. The first-order chi connectivity index (χ1) is 5.64. The highest BCUT2D eigenvalue weighted by molar-refractivity contribution is 5.26. The van der Waals surface area contributed by atoms with E-state index in [2.05, 4.69) is 0 Å². The number of benzene rings is 1. The quantitative estimate of drug-likeness (QED) is 0.620. The van der Waals surface area contributed by atoms with E-state index in [-0.39, 0.29) is 12.0 Å². The van der Waals surface area contributed by atoms with Crippen molar-refractivity contribution >= 4 is 0 Å². The molecule has 0 radical (unpaired) electrons. The second-order valence-electron chi connectivity index (χ2n) is 2.58. The van der Waals surface area contributed by atoms with Gasteiger partial charge in [0.15, 0.2) is 0 Å². The van der Waals surface area contributed by atoms with Crippen LogP contribution in [0.5, 0.6) is 0 Å². The van der Waals surface area contributed by atoms with Crippen molar-refractivity contribution in [2.24, 2.45) is 5.73 Å². The fourth-order valence-electron chi connectivity index (χ4n) is 1.12. The van der Waals surface area contributed by atoms with Gasteiger partial charge in [-0.05, 0) is 11.9 Å². The molecule has 1 aliphatic rings. The molecule has 10 heavy (non-hydrogen) atoms. The van der Waals surface area contributed by atoms with Crippen molar-refractivity contribution in [1.82, 2.24) is 0 Å². The van der Waals surface area contributed by atoms with Crippen molar-refractivity contribution in [3.05, 3.63) is 35.9 Å². The van der Waals surface area contributed by atoms with Crippen molar-refractivity contribution in [2.75, 3.05) is 0 Å². The largest absolute Gasteiger partial charge is 0.327 e. The van der Waals surface area contributed by atoms with Crippen LogP contribution in [0.4, 0.5) is 0 Å². The minimum atomic E-state index is -1.19. The van der Waals surface area contributed by atoms with Crippen molar-refractivity contribution < 1.29 is 2.74 Å². The van der Waals surface area contributed by atoms with Crippen LogP contribution in [0.15, 0.2) is 30.3 Å². The predicted molar refractivity (Wildman–Crippen MR) is 41.8 cm³/mol. The lowest BCUT2D eigenvalue weighted by Gasteiger charge is -1.94. The summed E-state index contributed by atoms with van der Waals surface area (Å²) in [7, 11) is 0. The van der Waals surface area contributed by atoms with Gasteiger partial charge in [-0.3, -0.25) is 0 Å². The molecule has 0 unspecified atom stereocenters. The summed E-state index contributed by atoms with van der Waals surface area (Å²) in [5, 5.41) is 0. The second kappa shape index (κ2) is 2.10. The monoisotopic (exact) mass is 135 g/mol. The lowest BCUT2D eigenvalue weighted by atomic mass is 10.1. The third-order valence-corrected chi connectivity index (χ3v) is 1.78. The molecule has 0 amide bonds. The van der Waals surface area contributed by atoms with Crippen molar-refractivity contribution in [3.8, 4) is 0 Å². The van der Waals surface area contributed by atoms with E-state index in [1.54, 1.807) is 0 Å². The second-order valence-corrected chi connectivity index (χ2v) is 2.58. The molecule has 0 aliphatic heterocycles. The van der Waals surface area contributed by atoms with Gasteiger partial charge in [-0.1, -0.05) is 30.3 Å². The number of hydrogen-bond acceptors (Lipinski definition) is 1. The minimum absolute atomic E-state index is 0.0984. The lowest BCUT2D eigenvalue weighted by Crippen LogP contribution is -2.00. The van der Waals surface area contributed by atoms with E-state index in [1.165, 1.54) is 0 Å². The molecule has 1 saturated carbocycles. The van der Waals surface area contributed by atoms with Gasteiger partial charge in [0.1, 0.15) is 0 Å². The van der Waals surface area contributed by atoms with E-state index >= 15 is 0 Å². The van der Waals surface area contributed by atoms with Gasteiger partial charge in [0.05, 0.1) is 0 Å². The molecular formula is C9H11N. The molecule has 2 rings (SSSR count). The highest BCUT2D eigenvalue weighted by Gasteiger charge is 2.34. The molecule has 1 aromatic rings. The summed E-state index contributed by atoms with van der Waals surface area (Å²) in [5.41, 5.74) is 6.61. The van der Waals surface area contributed by atoms with Crippen LogP contribution in [0, 0.1) is 0 Å². The van der Waals surface area contributed by atoms with Gasteiger partial charge in [-0.2, -0.15) is 0 Å². The summed E-state index contributed by atoms with van der Waals surface area (Å²) < 4.78 is 15.0. The van der Waals surface area contributed by atoms with Crippen molar-refractivity contribution in [2.45, 2.75) is 18.3 Å². The molecule has 1 fully saturated rings. The van der Waals surface area contributed by atoms with Crippen LogP contribution in [0.25, 0.3) is 0 Å². The van der Waals surface area contributed by atoms with Gasteiger partial charge in [0.2, 0.25) is 0 Å². The highest BCUT2D eigenvalue weighted by Crippen LogP contribution is 2.38. The summed E-state index contributed by atoms with van der Waals surface area (Å²) in [5.74, 6) is -0.0984. The molecule has 2 atom stereocenters. The fraction of sp³-hybridized carbons (Fsp3) is 0.333. The first kappa shape index (κ1) is 4.14. The van der Waals surface area contributed by atoms with Gasteiger partial charge in [-0.15, -0.1) is 0 Å². The van der Waals surface area contributed by atoms with Gasteiger partial charge in [0.25, 0.3) is 0 Å². The molecule has 1 aromatic carbocycles. The van der Waals surface area contributed by atoms with E-state index in [0.29, 0.717) is 0 Å². The molecule has 1 aliphatic carbocycles. The average Bonchev–Trinajstić information content (AvgIpc) is 2.53. The Hall–Kier alpha value is -0.820. The maximum atomic E-state index is 7.49. The number of hydrogen-bond donors (Lipinski definition) is 1. The molecular weight excluding hydrogens is 122 g/mol. The Balaban J connectivity index is 2.25. The molecule has 1 heteroatoms. The Morgan fingerprint density at radius 2 is 2.00 bits per heavy atom. The summed E-state index contributed by atoms with van der Waals surface area (Å²) in [6.45, 7) is 0. The Morgan fingerprint density at radius 3 is 2.50 bits per heavy atom. The van der Waals surface area contributed by atoms with Crippen molar-refractivity contribution in [1.29, 1.82) is 0 Å². The zero-order chi connectivity index (χ0) is 8.77. The molecule has 1 nitrogen and oxygen atoms in total.